The second-order valence-corrected chi connectivity index (χ2v) is 4.76. The Hall–Kier alpha value is -2.29. The van der Waals surface area contributed by atoms with Gasteiger partial charge in [-0.15, -0.1) is 0 Å². The molecular formula is C18H19O3. The molecule has 3 heteroatoms. The molecule has 0 aromatic heterocycles. The molecule has 2 aromatic rings. The highest BCUT2D eigenvalue weighted by Crippen LogP contribution is 2.16. The molecule has 0 atom stereocenters. The molecule has 1 radical (unpaired) electrons. The Morgan fingerprint density at radius 3 is 2.57 bits per heavy atom. The van der Waals surface area contributed by atoms with Crippen molar-refractivity contribution in [1.82, 2.24) is 0 Å². The third-order valence-corrected chi connectivity index (χ3v) is 3.00. The fourth-order valence-corrected chi connectivity index (χ4v) is 2.04. The summed E-state index contributed by atoms with van der Waals surface area (Å²) in [5.74, 6) is 0.615. The Balaban J connectivity index is 2.01. The summed E-state index contributed by atoms with van der Waals surface area (Å²) in [5, 5.41) is 0. The van der Waals surface area contributed by atoms with E-state index in [9.17, 15) is 4.79 Å². The lowest BCUT2D eigenvalue weighted by Gasteiger charge is -2.07. The number of carbonyl (C=O) groups excluding carboxylic acids is 1. The molecule has 0 bridgehead atoms. The van der Waals surface area contributed by atoms with Gasteiger partial charge in [0.25, 0.3) is 0 Å². The Kier molecular flexibility index (Phi) is 5.38. The molecule has 0 aliphatic rings. The van der Waals surface area contributed by atoms with E-state index >= 15 is 0 Å². The Labute approximate surface area is 125 Å². The van der Waals surface area contributed by atoms with Crippen molar-refractivity contribution in [2.75, 3.05) is 6.61 Å². The van der Waals surface area contributed by atoms with Crippen molar-refractivity contribution in [1.29, 1.82) is 0 Å². The van der Waals surface area contributed by atoms with E-state index in [1.165, 1.54) is 12.5 Å². The van der Waals surface area contributed by atoms with Crippen molar-refractivity contribution in [3.05, 3.63) is 65.2 Å². The fraction of sp³-hybridized carbons (Fsp3) is 0.278. The van der Waals surface area contributed by atoms with Gasteiger partial charge in [-0.2, -0.15) is 0 Å². The van der Waals surface area contributed by atoms with Gasteiger partial charge in [0, 0.05) is 6.92 Å². The maximum atomic E-state index is 10.8. The van der Waals surface area contributed by atoms with E-state index in [1.807, 2.05) is 37.3 Å². The van der Waals surface area contributed by atoms with Gasteiger partial charge in [-0.25, -0.2) is 0 Å². The highest BCUT2D eigenvalue weighted by atomic mass is 16.5. The number of hydrogen-bond acceptors (Lipinski definition) is 3. The number of carbonyl (C=O) groups is 1. The number of hydrogen-bond donors (Lipinski definition) is 0. The van der Waals surface area contributed by atoms with Crippen molar-refractivity contribution in [2.24, 2.45) is 0 Å². The van der Waals surface area contributed by atoms with Gasteiger partial charge in [0.1, 0.15) is 12.4 Å². The SMILES string of the molecule is CCOc1ccc(Cc2[c]ccc(COC(C)=O)c2)cc1. The van der Waals surface area contributed by atoms with Crippen LogP contribution in [-0.2, 0) is 22.6 Å². The zero-order chi connectivity index (χ0) is 15.1. The quantitative estimate of drug-likeness (QED) is 0.761. The second kappa shape index (κ2) is 7.48. The van der Waals surface area contributed by atoms with Gasteiger partial charge in [-0.1, -0.05) is 30.3 Å². The van der Waals surface area contributed by atoms with Crippen LogP contribution in [0, 0.1) is 6.07 Å². The van der Waals surface area contributed by atoms with Crippen LogP contribution in [0.1, 0.15) is 30.5 Å². The topological polar surface area (TPSA) is 35.5 Å². The molecule has 0 amide bonds. The molecule has 0 aliphatic carbocycles. The molecule has 0 aliphatic heterocycles. The lowest BCUT2D eigenvalue weighted by molar-refractivity contribution is -0.142. The third kappa shape index (κ3) is 4.95. The van der Waals surface area contributed by atoms with Crippen LogP contribution in [0.25, 0.3) is 0 Å². The largest absolute Gasteiger partial charge is 0.494 e. The van der Waals surface area contributed by atoms with E-state index in [1.54, 1.807) is 0 Å². The van der Waals surface area contributed by atoms with E-state index in [-0.39, 0.29) is 5.97 Å². The molecule has 0 saturated heterocycles. The van der Waals surface area contributed by atoms with Crippen molar-refractivity contribution in [3.8, 4) is 5.75 Å². The van der Waals surface area contributed by atoms with E-state index in [2.05, 4.69) is 18.2 Å². The summed E-state index contributed by atoms with van der Waals surface area (Å²) in [5.41, 5.74) is 3.24. The molecule has 0 spiro atoms. The van der Waals surface area contributed by atoms with Crippen LogP contribution in [0.15, 0.2) is 42.5 Å². The minimum Gasteiger partial charge on any atom is -0.494 e. The van der Waals surface area contributed by atoms with Gasteiger partial charge in [-0.05, 0) is 48.2 Å². The molecule has 0 saturated carbocycles. The Morgan fingerprint density at radius 1 is 1.14 bits per heavy atom. The summed E-state index contributed by atoms with van der Waals surface area (Å²) >= 11 is 0. The monoisotopic (exact) mass is 283 g/mol. The summed E-state index contributed by atoms with van der Waals surface area (Å²) in [4.78, 5) is 10.8. The molecular weight excluding hydrogens is 264 g/mol. The van der Waals surface area contributed by atoms with E-state index in [4.69, 9.17) is 9.47 Å². The van der Waals surface area contributed by atoms with Gasteiger partial charge >= 0.3 is 5.97 Å². The first-order valence-electron chi connectivity index (χ1n) is 7.02. The van der Waals surface area contributed by atoms with Gasteiger partial charge in [0.15, 0.2) is 0 Å². The maximum absolute atomic E-state index is 10.8. The highest BCUT2D eigenvalue weighted by molar-refractivity contribution is 5.65. The number of rotatable bonds is 6. The molecule has 0 N–H and O–H groups in total. The van der Waals surface area contributed by atoms with Crippen molar-refractivity contribution in [2.45, 2.75) is 26.9 Å². The first kappa shape index (κ1) is 15.1. The third-order valence-electron chi connectivity index (χ3n) is 3.00. The van der Waals surface area contributed by atoms with Crippen LogP contribution in [0.3, 0.4) is 0 Å². The summed E-state index contributed by atoms with van der Waals surface area (Å²) in [6.07, 6.45) is 0.792. The van der Waals surface area contributed by atoms with E-state index in [0.717, 1.165) is 23.3 Å². The molecule has 109 valence electrons. The van der Waals surface area contributed by atoms with Crippen LogP contribution in [-0.4, -0.2) is 12.6 Å². The lowest BCUT2D eigenvalue weighted by Crippen LogP contribution is -1.99. The van der Waals surface area contributed by atoms with Crippen LogP contribution in [0.4, 0.5) is 0 Å². The minimum absolute atomic E-state index is 0.268. The minimum atomic E-state index is -0.268. The molecule has 21 heavy (non-hydrogen) atoms. The van der Waals surface area contributed by atoms with E-state index < -0.39 is 0 Å². The predicted octanol–water partition coefficient (Wildman–Crippen LogP) is 3.54. The Morgan fingerprint density at radius 2 is 1.90 bits per heavy atom. The Bertz CT molecular complexity index is 588. The van der Waals surface area contributed by atoms with Crippen molar-refractivity contribution < 1.29 is 14.3 Å². The molecule has 2 aromatic carbocycles. The first-order chi connectivity index (χ1) is 10.2. The molecule has 0 heterocycles. The van der Waals surface area contributed by atoms with Crippen molar-refractivity contribution >= 4 is 5.97 Å². The summed E-state index contributed by atoms with van der Waals surface area (Å²) < 4.78 is 10.4. The van der Waals surface area contributed by atoms with Crippen LogP contribution in [0.2, 0.25) is 0 Å². The summed E-state index contributed by atoms with van der Waals surface area (Å²) in [7, 11) is 0. The number of esters is 1. The van der Waals surface area contributed by atoms with Gasteiger partial charge < -0.3 is 9.47 Å². The standard InChI is InChI=1S/C18H19O3/c1-3-20-18-9-7-15(8-10-18)11-16-5-4-6-17(12-16)13-21-14(2)19/h4,6-10,12H,3,11,13H2,1-2H3. The van der Waals surface area contributed by atoms with Gasteiger partial charge in [-0.3, -0.25) is 4.79 Å². The van der Waals surface area contributed by atoms with Gasteiger partial charge in [0.05, 0.1) is 6.61 Å². The van der Waals surface area contributed by atoms with Crippen LogP contribution < -0.4 is 4.74 Å². The van der Waals surface area contributed by atoms with Crippen LogP contribution in [0.5, 0.6) is 5.75 Å². The number of benzene rings is 2. The molecule has 0 fully saturated rings. The lowest BCUT2D eigenvalue weighted by atomic mass is 10.0. The average molecular weight is 283 g/mol. The summed E-state index contributed by atoms with van der Waals surface area (Å²) in [6.45, 7) is 4.36. The first-order valence-corrected chi connectivity index (χ1v) is 7.02. The highest BCUT2D eigenvalue weighted by Gasteiger charge is 2.01. The number of ether oxygens (including phenoxy) is 2. The normalized spacial score (nSPS) is 10.2. The zero-order valence-corrected chi connectivity index (χ0v) is 12.4. The fourth-order valence-electron chi connectivity index (χ4n) is 2.04. The molecule has 3 nitrogen and oxygen atoms in total. The smallest absolute Gasteiger partial charge is 0.302 e. The summed E-state index contributed by atoms with van der Waals surface area (Å²) in [6, 6.07) is 17.1. The molecule has 2 rings (SSSR count). The predicted molar refractivity (Wildman–Crippen MR) is 81.2 cm³/mol. The van der Waals surface area contributed by atoms with Crippen LogP contribution >= 0.6 is 0 Å². The molecule has 0 unspecified atom stereocenters. The maximum Gasteiger partial charge on any atom is 0.302 e. The second-order valence-electron chi connectivity index (χ2n) is 4.76. The van der Waals surface area contributed by atoms with Gasteiger partial charge in [0.2, 0.25) is 0 Å². The zero-order valence-electron chi connectivity index (χ0n) is 12.4. The van der Waals surface area contributed by atoms with Crippen molar-refractivity contribution in [3.63, 3.8) is 0 Å². The average Bonchev–Trinajstić information content (AvgIpc) is 2.48. The van der Waals surface area contributed by atoms with E-state index in [0.29, 0.717) is 13.2 Å².